The third-order valence-electron chi connectivity index (χ3n) is 5.97. The summed E-state index contributed by atoms with van der Waals surface area (Å²) in [6, 6.07) is 6.48. The molecule has 2 aliphatic rings. The number of anilines is 1. The van der Waals surface area contributed by atoms with Crippen LogP contribution in [0.3, 0.4) is 0 Å². The molecule has 194 valence electrons. The van der Waals surface area contributed by atoms with Crippen LogP contribution in [0.15, 0.2) is 47.0 Å². The van der Waals surface area contributed by atoms with Crippen LogP contribution in [0.1, 0.15) is 32.3 Å². The van der Waals surface area contributed by atoms with E-state index in [-0.39, 0.29) is 54.7 Å². The Balaban J connectivity index is 2.29. The Bertz CT molecular complexity index is 1120. The highest BCUT2D eigenvalue weighted by Gasteiger charge is 2.63. The number of ether oxygens (including phenoxy) is 5. The zero-order chi connectivity index (χ0) is 26.5. The lowest BCUT2D eigenvalue weighted by Crippen LogP contribution is -2.51. The van der Waals surface area contributed by atoms with Crippen LogP contribution in [0, 0.1) is 0 Å². The monoisotopic (exact) mass is 502 g/mol. The van der Waals surface area contributed by atoms with Crippen molar-refractivity contribution in [3.8, 4) is 0 Å². The molecule has 0 bridgehead atoms. The Kier molecular flexibility index (Phi) is 8.36. The third kappa shape index (κ3) is 4.53. The van der Waals surface area contributed by atoms with Crippen LogP contribution in [-0.4, -0.2) is 64.5 Å². The zero-order valence-corrected chi connectivity index (χ0v) is 20.8. The Hall–Kier alpha value is -3.86. The molecule has 2 aliphatic heterocycles. The molecule has 3 rings (SSSR count). The van der Waals surface area contributed by atoms with E-state index in [2.05, 4.69) is 0 Å². The molecule has 0 aromatic heterocycles. The summed E-state index contributed by atoms with van der Waals surface area (Å²) in [4.78, 5) is 54.1. The molecule has 36 heavy (non-hydrogen) atoms. The summed E-state index contributed by atoms with van der Waals surface area (Å²) in [5, 5.41) is 0. The Morgan fingerprint density at radius 3 is 2.36 bits per heavy atom. The van der Waals surface area contributed by atoms with Crippen molar-refractivity contribution in [2.45, 2.75) is 32.1 Å². The van der Waals surface area contributed by atoms with Gasteiger partial charge in [-0.3, -0.25) is 4.79 Å². The van der Waals surface area contributed by atoms with Gasteiger partial charge in [0.15, 0.2) is 5.41 Å². The van der Waals surface area contributed by atoms with Crippen LogP contribution in [0.25, 0.3) is 0 Å². The summed E-state index contributed by atoms with van der Waals surface area (Å²) < 4.78 is 26.0. The highest BCUT2D eigenvalue weighted by molar-refractivity contribution is 6.16. The summed E-state index contributed by atoms with van der Waals surface area (Å²) in [6.45, 7) is 3.08. The molecule has 0 saturated heterocycles. The van der Waals surface area contributed by atoms with Crippen molar-refractivity contribution >= 4 is 29.6 Å². The minimum absolute atomic E-state index is 0.0368. The zero-order valence-electron chi connectivity index (χ0n) is 20.8. The van der Waals surface area contributed by atoms with Gasteiger partial charge in [0.2, 0.25) is 0 Å². The average Bonchev–Trinajstić information content (AvgIpc) is 3.11. The topological polar surface area (TPSA) is 144 Å². The van der Waals surface area contributed by atoms with Gasteiger partial charge in [0, 0.05) is 18.4 Å². The van der Waals surface area contributed by atoms with Crippen LogP contribution in [0.4, 0.5) is 5.69 Å². The highest BCUT2D eigenvalue weighted by Crippen LogP contribution is 2.54. The summed E-state index contributed by atoms with van der Waals surface area (Å²) in [5.41, 5.74) is 4.43. The van der Waals surface area contributed by atoms with E-state index in [9.17, 15) is 19.2 Å². The van der Waals surface area contributed by atoms with E-state index in [1.165, 1.54) is 26.0 Å². The summed E-state index contributed by atoms with van der Waals surface area (Å²) in [7, 11) is 2.66. The number of esters is 4. The van der Waals surface area contributed by atoms with Gasteiger partial charge in [-0.05, 0) is 19.4 Å². The normalized spacial score (nSPS) is 18.8. The number of benzene rings is 1. The molecule has 1 aromatic rings. The summed E-state index contributed by atoms with van der Waals surface area (Å²) in [5.74, 6) is -3.62. The van der Waals surface area contributed by atoms with E-state index in [0.29, 0.717) is 12.1 Å². The van der Waals surface area contributed by atoms with Gasteiger partial charge in [0.1, 0.15) is 35.9 Å². The lowest BCUT2D eigenvalue weighted by atomic mass is 9.66. The standard InChI is InChI=1S/C25H30N2O9/c1-5-6-11-34-23(30)20-21(26)27(14-18(28)33-4)17-10-8-7-9-16(17)25(20)19(15(2)36-24(25)31)22(29)35-13-12-32-3/h7-10H,5-6,11-14,26H2,1-4H3/t25-/m0/s1. The number of hydrogen-bond acceptors (Lipinski definition) is 11. The number of allylic oxidation sites excluding steroid dienone is 1. The molecule has 0 aliphatic carbocycles. The number of fused-ring (bicyclic) bond motifs is 2. The van der Waals surface area contributed by atoms with Gasteiger partial charge in [-0.1, -0.05) is 31.5 Å². The first-order chi connectivity index (χ1) is 17.2. The van der Waals surface area contributed by atoms with Gasteiger partial charge >= 0.3 is 23.9 Å². The first-order valence-electron chi connectivity index (χ1n) is 11.5. The van der Waals surface area contributed by atoms with Crippen LogP contribution in [0.5, 0.6) is 0 Å². The molecule has 0 fully saturated rings. The van der Waals surface area contributed by atoms with E-state index in [4.69, 9.17) is 29.4 Å². The number of methoxy groups -OCH3 is 2. The lowest BCUT2D eigenvalue weighted by Gasteiger charge is -2.40. The number of cyclic esters (lactones) is 1. The van der Waals surface area contributed by atoms with Crippen molar-refractivity contribution < 1.29 is 42.9 Å². The largest absolute Gasteiger partial charge is 0.468 e. The van der Waals surface area contributed by atoms with E-state index in [1.54, 1.807) is 24.3 Å². The number of para-hydroxylation sites is 1. The number of carbonyl (C=O) groups excluding carboxylic acids is 4. The van der Waals surface area contributed by atoms with Crippen molar-refractivity contribution in [1.82, 2.24) is 0 Å². The van der Waals surface area contributed by atoms with Crippen LogP contribution >= 0.6 is 0 Å². The van der Waals surface area contributed by atoms with E-state index >= 15 is 0 Å². The van der Waals surface area contributed by atoms with Crippen molar-refractivity contribution in [2.24, 2.45) is 5.73 Å². The average molecular weight is 503 g/mol. The molecule has 0 saturated carbocycles. The van der Waals surface area contributed by atoms with E-state index < -0.39 is 29.3 Å². The van der Waals surface area contributed by atoms with Crippen molar-refractivity contribution in [3.63, 3.8) is 0 Å². The molecule has 0 unspecified atom stereocenters. The molecular formula is C25H30N2O9. The predicted octanol–water partition coefficient (Wildman–Crippen LogP) is 1.45. The van der Waals surface area contributed by atoms with Gasteiger partial charge < -0.3 is 34.3 Å². The molecule has 1 spiro atoms. The van der Waals surface area contributed by atoms with Crippen LogP contribution in [0.2, 0.25) is 0 Å². The maximum atomic E-state index is 13.6. The van der Waals surface area contributed by atoms with Crippen LogP contribution in [-0.2, 0) is 48.3 Å². The van der Waals surface area contributed by atoms with Crippen molar-refractivity contribution in [1.29, 1.82) is 0 Å². The van der Waals surface area contributed by atoms with Crippen molar-refractivity contribution in [2.75, 3.05) is 45.5 Å². The van der Waals surface area contributed by atoms with E-state index in [1.807, 2.05) is 6.92 Å². The molecule has 11 nitrogen and oxygen atoms in total. The smallest absolute Gasteiger partial charge is 0.339 e. The SMILES string of the molecule is CCCCOC(=O)C1=C(N)N(CC(=O)OC)c2ccccc2[C@@]12C(=O)OC(C)=C2C(=O)OCCOC. The van der Waals surface area contributed by atoms with Gasteiger partial charge in [-0.15, -0.1) is 0 Å². The number of rotatable bonds is 10. The number of nitrogens with zero attached hydrogens (tertiary/aromatic N) is 1. The van der Waals surface area contributed by atoms with Crippen molar-refractivity contribution in [3.05, 3.63) is 52.6 Å². The van der Waals surface area contributed by atoms with Gasteiger partial charge in [-0.25, -0.2) is 14.4 Å². The molecule has 2 N–H and O–H groups in total. The summed E-state index contributed by atoms with van der Waals surface area (Å²) in [6.07, 6.45) is 1.32. The molecule has 2 heterocycles. The Morgan fingerprint density at radius 2 is 1.69 bits per heavy atom. The molecule has 0 amide bonds. The molecular weight excluding hydrogens is 472 g/mol. The molecule has 1 aromatic carbocycles. The number of unbranched alkanes of at least 4 members (excludes halogenated alkanes) is 1. The Morgan fingerprint density at radius 1 is 1.03 bits per heavy atom. The minimum atomic E-state index is -2.06. The lowest BCUT2D eigenvalue weighted by molar-refractivity contribution is -0.147. The minimum Gasteiger partial charge on any atom is -0.468 e. The fourth-order valence-corrected chi connectivity index (χ4v) is 4.31. The van der Waals surface area contributed by atoms with Gasteiger partial charge in [0.05, 0.1) is 20.3 Å². The quantitative estimate of drug-likeness (QED) is 0.282. The first kappa shape index (κ1) is 26.7. The van der Waals surface area contributed by atoms with Crippen LogP contribution < -0.4 is 10.6 Å². The first-order valence-corrected chi connectivity index (χ1v) is 11.5. The maximum Gasteiger partial charge on any atom is 0.339 e. The third-order valence-corrected chi connectivity index (χ3v) is 5.97. The molecule has 1 atom stereocenters. The van der Waals surface area contributed by atoms with Gasteiger partial charge in [-0.2, -0.15) is 0 Å². The fraction of sp³-hybridized carbons (Fsp3) is 0.440. The number of hydrogen-bond donors (Lipinski definition) is 1. The second-order valence-electron chi connectivity index (χ2n) is 8.13. The molecule has 0 radical (unpaired) electrons. The second-order valence-corrected chi connectivity index (χ2v) is 8.13. The maximum absolute atomic E-state index is 13.6. The second kappa shape index (κ2) is 11.3. The predicted molar refractivity (Wildman–Crippen MR) is 126 cm³/mol. The van der Waals surface area contributed by atoms with Gasteiger partial charge in [0.25, 0.3) is 0 Å². The fourth-order valence-electron chi connectivity index (χ4n) is 4.31. The van der Waals surface area contributed by atoms with E-state index in [0.717, 1.165) is 6.42 Å². The highest BCUT2D eigenvalue weighted by atomic mass is 16.6. The molecule has 11 heteroatoms. The summed E-state index contributed by atoms with van der Waals surface area (Å²) >= 11 is 0. The number of carbonyl (C=O) groups is 4. The Labute approximate surface area is 208 Å². The number of nitrogens with two attached hydrogens (primary N) is 1.